The van der Waals surface area contributed by atoms with Crippen LogP contribution in [-0.2, 0) is 14.2 Å². The van der Waals surface area contributed by atoms with Crippen molar-refractivity contribution in [3.63, 3.8) is 0 Å². The normalized spacial score (nSPS) is 33.6. The smallest absolute Gasteiger partial charge is 0.269 e. The van der Waals surface area contributed by atoms with Crippen LogP contribution in [0, 0.1) is 0 Å². The van der Waals surface area contributed by atoms with Crippen LogP contribution in [0.1, 0.15) is 36.1 Å². The molecule has 7 heteroatoms. The molecule has 0 bridgehead atoms. The average molecular weight is 253 g/mol. The maximum atomic E-state index is 11.0. The molecule has 0 saturated carbocycles. The zero-order valence-electron chi connectivity index (χ0n) is 10.2. The zero-order chi connectivity index (χ0) is 12.9. The first-order valence-electron chi connectivity index (χ1n) is 5.78. The number of nitrogens with two attached hydrogens (primary N) is 1. The van der Waals surface area contributed by atoms with Gasteiger partial charge in [-0.3, -0.25) is 9.89 Å². The fourth-order valence-electron chi connectivity index (χ4n) is 2.42. The number of nitrogens with one attached hydrogen (secondary N) is 1. The van der Waals surface area contributed by atoms with Crippen molar-refractivity contribution in [3.05, 3.63) is 17.5 Å². The lowest BCUT2D eigenvalue weighted by molar-refractivity contribution is -0.175. The van der Waals surface area contributed by atoms with E-state index in [2.05, 4.69) is 10.2 Å². The molecular weight excluding hydrogens is 238 g/mol. The van der Waals surface area contributed by atoms with Crippen molar-refractivity contribution in [1.82, 2.24) is 10.2 Å². The Morgan fingerprint density at radius 1 is 1.56 bits per heavy atom. The molecule has 98 valence electrons. The molecule has 3 N–H and O–H groups in total. The van der Waals surface area contributed by atoms with E-state index in [4.69, 9.17) is 19.9 Å². The Hall–Kier alpha value is -1.44. The van der Waals surface area contributed by atoms with E-state index < -0.39 is 11.7 Å². The average Bonchev–Trinajstić information content (AvgIpc) is 2.89. The third-order valence-corrected chi connectivity index (χ3v) is 3.12. The quantitative estimate of drug-likeness (QED) is 0.778. The molecule has 1 aromatic rings. The van der Waals surface area contributed by atoms with E-state index in [1.54, 1.807) is 6.07 Å². The molecule has 18 heavy (non-hydrogen) atoms. The first-order valence-corrected chi connectivity index (χ1v) is 5.78. The third kappa shape index (κ3) is 1.80. The van der Waals surface area contributed by atoms with Gasteiger partial charge in [0.15, 0.2) is 5.79 Å². The first kappa shape index (κ1) is 11.6. The molecule has 7 nitrogen and oxygen atoms in total. The van der Waals surface area contributed by atoms with Crippen LogP contribution in [0.25, 0.3) is 0 Å². The van der Waals surface area contributed by atoms with Crippen molar-refractivity contribution < 1.29 is 19.0 Å². The SMILES string of the molecule is CC1(C)OC2COC(c3cc(C(N)=O)n[nH]3)C2O1. The topological polar surface area (TPSA) is 99.5 Å². The number of ether oxygens (including phenoxy) is 3. The van der Waals surface area contributed by atoms with E-state index in [0.717, 1.165) is 0 Å². The van der Waals surface area contributed by atoms with Crippen LogP contribution in [0.2, 0.25) is 0 Å². The summed E-state index contributed by atoms with van der Waals surface area (Å²) in [6, 6.07) is 1.59. The van der Waals surface area contributed by atoms with E-state index in [-0.39, 0.29) is 24.0 Å². The van der Waals surface area contributed by atoms with Crippen LogP contribution in [0.3, 0.4) is 0 Å². The lowest BCUT2D eigenvalue weighted by Gasteiger charge is -2.20. The highest BCUT2D eigenvalue weighted by molar-refractivity contribution is 5.90. The van der Waals surface area contributed by atoms with Gasteiger partial charge < -0.3 is 19.9 Å². The molecule has 0 radical (unpaired) electrons. The Morgan fingerprint density at radius 2 is 2.33 bits per heavy atom. The number of fused-ring (bicyclic) bond motifs is 1. The maximum absolute atomic E-state index is 11.0. The van der Waals surface area contributed by atoms with E-state index in [1.165, 1.54) is 0 Å². The molecule has 1 aromatic heterocycles. The number of primary amides is 1. The lowest BCUT2D eigenvalue weighted by atomic mass is 10.1. The Morgan fingerprint density at radius 3 is 3.00 bits per heavy atom. The predicted octanol–water partition coefficient (Wildman–Crippen LogP) is 0.1000. The van der Waals surface area contributed by atoms with Gasteiger partial charge >= 0.3 is 0 Å². The second-order valence-corrected chi connectivity index (χ2v) is 4.97. The van der Waals surface area contributed by atoms with Crippen LogP contribution >= 0.6 is 0 Å². The second kappa shape index (κ2) is 3.78. The fraction of sp³-hybridized carbons (Fsp3) is 0.636. The highest BCUT2D eigenvalue weighted by Crippen LogP contribution is 2.41. The number of carbonyl (C=O) groups excluding carboxylic acids is 1. The van der Waals surface area contributed by atoms with Crippen LogP contribution < -0.4 is 5.73 Å². The molecule has 3 rings (SSSR count). The Labute approximate surface area is 104 Å². The summed E-state index contributed by atoms with van der Waals surface area (Å²) in [5, 5.41) is 6.59. The molecule has 3 unspecified atom stereocenters. The summed E-state index contributed by atoms with van der Waals surface area (Å²) in [5.41, 5.74) is 6.03. The van der Waals surface area contributed by atoms with Gasteiger partial charge in [-0.15, -0.1) is 0 Å². The first-order chi connectivity index (χ1) is 8.46. The van der Waals surface area contributed by atoms with Gasteiger partial charge in [-0.1, -0.05) is 0 Å². The summed E-state index contributed by atoms with van der Waals surface area (Å²) in [4.78, 5) is 11.0. The van der Waals surface area contributed by atoms with Gasteiger partial charge in [0.05, 0.1) is 12.3 Å². The summed E-state index contributed by atoms with van der Waals surface area (Å²) >= 11 is 0. The van der Waals surface area contributed by atoms with Crippen molar-refractivity contribution in [2.45, 2.75) is 37.9 Å². The Kier molecular flexibility index (Phi) is 2.44. The number of rotatable bonds is 2. The molecule has 2 aliphatic rings. The number of amides is 1. The van der Waals surface area contributed by atoms with Gasteiger partial charge in [-0.25, -0.2) is 0 Å². The van der Waals surface area contributed by atoms with Gasteiger partial charge in [0, 0.05) is 0 Å². The minimum absolute atomic E-state index is 0.0923. The summed E-state index contributed by atoms with van der Waals surface area (Å²) in [5.74, 6) is -1.18. The highest BCUT2D eigenvalue weighted by atomic mass is 16.8. The maximum Gasteiger partial charge on any atom is 0.269 e. The summed E-state index contributed by atoms with van der Waals surface area (Å²) in [7, 11) is 0. The molecular formula is C11H15N3O4. The highest BCUT2D eigenvalue weighted by Gasteiger charge is 2.51. The van der Waals surface area contributed by atoms with Crippen molar-refractivity contribution in [3.8, 4) is 0 Å². The second-order valence-electron chi connectivity index (χ2n) is 4.97. The van der Waals surface area contributed by atoms with Crippen molar-refractivity contribution in [1.29, 1.82) is 0 Å². The van der Waals surface area contributed by atoms with Crippen LogP contribution in [0.5, 0.6) is 0 Å². The molecule has 0 aliphatic carbocycles. The molecule has 2 fully saturated rings. The summed E-state index contributed by atoms with van der Waals surface area (Å²) in [6.45, 7) is 4.19. The Balaban J connectivity index is 1.82. The van der Waals surface area contributed by atoms with E-state index in [0.29, 0.717) is 12.3 Å². The number of hydrogen-bond acceptors (Lipinski definition) is 5. The van der Waals surface area contributed by atoms with Crippen LogP contribution in [0.4, 0.5) is 0 Å². The van der Waals surface area contributed by atoms with Gasteiger partial charge in [0.1, 0.15) is 24.0 Å². The molecule has 2 aliphatic heterocycles. The van der Waals surface area contributed by atoms with E-state index in [1.807, 2.05) is 13.8 Å². The summed E-state index contributed by atoms with van der Waals surface area (Å²) in [6.07, 6.45) is -0.594. The van der Waals surface area contributed by atoms with Gasteiger partial charge in [0.25, 0.3) is 5.91 Å². The molecule has 2 saturated heterocycles. The Bertz CT molecular complexity index is 484. The standard InChI is InChI=1S/C11H15N3O4/c1-11(2)17-7-4-16-8(9(7)18-11)5-3-6(10(12)15)14-13-5/h3,7-9H,4H2,1-2H3,(H2,12,15)(H,13,14). The van der Waals surface area contributed by atoms with Gasteiger partial charge in [-0.05, 0) is 19.9 Å². The van der Waals surface area contributed by atoms with Gasteiger partial charge in [-0.2, -0.15) is 5.10 Å². The van der Waals surface area contributed by atoms with Crippen LogP contribution in [-0.4, -0.2) is 40.7 Å². The van der Waals surface area contributed by atoms with E-state index in [9.17, 15) is 4.79 Å². The number of nitrogens with zero attached hydrogens (tertiary/aromatic N) is 1. The van der Waals surface area contributed by atoms with Crippen molar-refractivity contribution >= 4 is 5.91 Å². The zero-order valence-corrected chi connectivity index (χ0v) is 10.2. The predicted molar refractivity (Wildman–Crippen MR) is 59.6 cm³/mol. The molecule has 0 aromatic carbocycles. The largest absolute Gasteiger partial charge is 0.366 e. The molecule has 3 heterocycles. The number of H-pyrrole nitrogens is 1. The number of carbonyl (C=O) groups is 1. The minimum Gasteiger partial charge on any atom is -0.366 e. The molecule has 0 spiro atoms. The van der Waals surface area contributed by atoms with E-state index >= 15 is 0 Å². The molecule has 1 amide bonds. The fourth-order valence-corrected chi connectivity index (χ4v) is 2.42. The van der Waals surface area contributed by atoms with Crippen LogP contribution in [0.15, 0.2) is 6.07 Å². The summed E-state index contributed by atoms with van der Waals surface area (Å²) < 4.78 is 17.1. The number of aromatic amines is 1. The minimum atomic E-state index is -0.607. The van der Waals surface area contributed by atoms with Crippen molar-refractivity contribution in [2.75, 3.05) is 6.61 Å². The molecule has 3 atom stereocenters. The third-order valence-electron chi connectivity index (χ3n) is 3.12. The number of aromatic nitrogens is 2. The van der Waals surface area contributed by atoms with Gasteiger partial charge in [0.2, 0.25) is 0 Å². The van der Waals surface area contributed by atoms with Crippen molar-refractivity contribution in [2.24, 2.45) is 5.73 Å². The monoisotopic (exact) mass is 253 g/mol. The lowest BCUT2D eigenvalue weighted by Crippen LogP contribution is -2.25. The number of hydrogen-bond donors (Lipinski definition) is 2.